The van der Waals surface area contributed by atoms with Crippen LogP contribution in [0.15, 0.2) is 0 Å². The van der Waals surface area contributed by atoms with Gasteiger partial charge < -0.3 is 17.0 Å². The minimum atomic E-state index is -1.43. The van der Waals surface area contributed by atoms with Crippen molar-refractivity contribution >= 4 is 0 Å². The standard InChI is InChI=1S/4C4H9.BrH.Ti/c4*1-3-4-2;;/h4*1,3-4H2,2H3;1H;/p-1. The minimum Gasteiger partial charge on any atom is -1.00 e. The van der Waals surface area contributed by atoms with Crippen molar-refractivity contribution in [2.45, 2.75) is 98.0 Å². The summed E-state index contributed by atoms with van der Waals surface area (Å²) in [6.45, 7) is 9.47. The zero-order valence-electron chi connectivity index (χ0n) is 13.4. The fourth-order valence-electron chi connectivity index (χ4n) is 2.96. The Bertz CT molecular complexity index is 122. The summed E-state index contributed by atoms with van der Waals surface area (Å²) in [4.78, 5) is 0. The van der Waals surface area contributed by atoms with Gasteiger partial charge in [-0.25, -0.2) is 0 Å². The van der Waals surface area contributed by atoms with E-state index in [1.807, 2.05) is 0 Å². The van der Waals surface area contributed by atoms with Crippen molar-refractivity contribution in [1.29, 1.82) is 0 Å². The first-order valence-electron chi connectivity index (χ1n) is 8.24. The van der Waals surface area contributed by atoms with E-state index in [2.05, 4.69) is 27.7 Å². The SMILES string of the molecule is CCC[CH2][Ti]([CH2]CCC)([CH2]CCC)[CH2]CCC.[Br-]. The van der Waals surface area contributed by atoms with Gasteiger partial charge >= 0.3 is 115 Å². The maximum Gasteiger partial charge on any atom is -1.00 e. The second-order valence-corrected chi connectivity index (χ2v) is 13.7. The molecule has 0 radical (unpaired) electrons. The molecule has 0 N–H and O–H groups in total. The molecule has 2 heteroatoms. The van der Waals surface area contributed by atoms with E-state index in [1.165, 1.54) is 51.4 Å². The predicted molar refractivity (Wildman–Crippen MR) is 78.9 cm³/mol. The van der Waals surface area contributed by atoms with Gasteiger partial charge in [-0.1, -0.05) is 0 Å². The maximum atomic E-state index is 2.37. The largest absolute Gasteiger partial charge is 1.00 e. The van der Waals surface area contributed by atoms with E-state index in [4.69, 9.17) is 0 Å². The average Bonchev–Trinajstić information content (AvgIpc) is 2.37. The van der Waals surface area contributed by atoms with Gasteiger partial charge in [-0.15, -0.1) is 0 Å². The number of rotatable bonds is 12. The molecule has 0 amide bonds. The summed E-state index contributed by atoms with van der Waals surface area (Å²) in [5.74, 6) is 0. The van der Waals surface area contributed by atoms with Gasteiger partial charge in [0.2, 0.25) is 0 Å². The van der Waals surface area contributed by atoms with Crippen molar-refractivity contribution in [1.82, 2.24) is 0 Å². The van der Waals surface area contributed by atoms with Gasteiger partial charge in [0.05, 0.1) is 0 Å². The van der Waals surface area contributed by atoms with Gasteiger partial charge in [0.15, 0.2) is 0 Å². The summed E-state index contributed by atoms with van der Waals surface area (Å²) in [6, 6.07) is 0. The molecule has 0 unspecified atom stereocenters. The Morgan fingerprint density at radius 3 is 0.889 bits per heavy atom. The Hall–Kier alpha value is 1.19. The fraction of sp³-hybridized carbons (Fsp3) is 1.00. The summed E-state index contributed by atoms with van der Waals surface area (Å²) in [7, 11) is 0. The molecule has 0 saturated heterocycles. The third kappa shape index (κ3) is 10.0. The Kier molecular flexibility index (Phi) is 17.4. The molecule has 112 valence electrons. The van der Waals surface area contributed by atoms with Gasteiger partial charge in [-0.05, 0) is 0 Å². The normalized spacial score (nSPS) is 11.3. The molecule has 0 saturated carbocycles. The first-order valence-corrected chi connectivity index (χ1v) is 12.7. The van der Waals surface area contributed by atoms with E-state index in [-0.39, 0.29) is 17.0 Å². The molecular formula is C16H36BrTi-. The zero-order chi connectivity index (χ0) is 13.0. The van der Waals surface area contributed by atoms with Crippen LogP contribution in [-0.2, 0) is 16.6 Å². The molecular weight excluding hydrogens is 320 g/mol. The molecule has 0 rings (SSSR count). The van der Waals surface area contributed by atoms with E-state index in [1.54, 1.807) is 18.9 Å². The molecule has 0 aromatic heterocycles. The molecule has 0 aliphatic rings. The molecule has 0 heterocycles. The van der Waals surface area contributed by atoms with Gasteiger partial charge in [-0.3, -0.25) is 0 Å². The summed E-state index contributed by atoms with van der Waals surface area (Å²) in [5, 5.41) is 0. The van der Waals surface area contributed by atoms with Gasteiger partial charge in [0, 0.05) is 0 Å². The van der Waals surface area contributed by atoms with Crippen LogP contribution in [0.5, 0.6) is 0 Å². The van der Waals surface area contributed by atoms with Crippen molar-refractivity contribution in [3.8, 4) is 0 Å². The molecule has 0 aromatic rings. The number of hydrogen-bond donors (Lipinski definition) is 0. The molecule has 18 heavy (non-hydrogen) atoms. The molecule has 0 fully saturated rings. The van der Waals surface area contributed by atoms with E-state index in [0.717, 1.165) is 0 Å². The van der Waals surface area contributed by atoms with Crippen LogP contribution < -0.4 is 17.0 Å². The van der Waals surface area contributed by atoms with Crippen LogP contribution in [-0.4, -0.2) is 0 Å². The zero-order valence-corrected chi connectivity index (χ0v) is 16.5. The topological polar surface area (TPSA) is 0 Å². The molecule has 0 nitrogen and oxygen atoms in total. The van der Waals surface area contributed by atoms with Crippen molar-refractivity contribution in [2.75, 3.05) is 0 Å². The van der Waals surface area contributed by atoms with Crippen LogP contribution in [0.2, 0.25) is 18.9 Å². The van der Waals surface area contributed by atoms with Crippen LogP contribution in [0.25, 0.3) is 0 Å². The van der Waals surface area contributed by atoms with Crippen molar-refractivity contribution in [3.63, 3.8) is 0 Å². The fourth-order valence-corrected chi connectivity index (χ4v) is 12.2. The molecule has 0 aliphatic carbocycles. The van der Waals surface area contributed by atoms with Crippen LogP contribution in [0.3, 0.4) is 0 Å². The van der Waals surface area contributed by atoms with E-state index >= 15 is 0 Å². The quantitative estimate of drug-likeness (QED) is 0.464. The van der Waals surface area contributed by atoms with Crippen LogP contribution >= 0.6 is 0 Å². The van der Waals surface area contributed by atoms with Crippen molar-refractivity contribution in [2.24, 2.45) is 0 Å². The van der Waals surface area contributed by atoms with E-state index in [0.29, 0.717) is 0 Å². The van der Waals surface area contributed by atoms with Gasteiger partial charge in [-0.2, -0.15) is 0 Å². The average molecular weight is 356 g/mol. The first kappa shape index (κ1) is 21.5. The summed E-state index contributed by atoms with van der Waals surface area (Å²) in [6.07, 6.45) is 11.8. The summed E-state index contributed by atoms with van der Waals surface area (Å²) in [5.41, 5.74) is 0. The molecule has 0 bridgehead atoms. The molecule has 0 spiro atoms. The summed E-state index contributed by atoms with van der Waals surface area (Å²) >= 11 is -1.43. The van der Waals surface area contributed by atoms with E-state index in [9.17, 15) is 0 Å². The van der Waals surface area contributed by atoms with Crippen LogP contribution in [0, 0.1) is 0 Å². The maximum absolute atomic E-state index is 2.37. The van der Waals surface area contributed by atoms with E-state index < -0.39 is 16.6 Å². The second kappa shape index (κ2) is 14.6. The van der Waals surface area contributed by atoms with Gasteiger partial charge in [0.25, 0.3) is 0 Å². The van der Waals surface area contributed by atoms with Crippen molar-refractivity contribution in [3.05, 3.63) is 0 Å². The first-order chi connectivity index (χ1) is 8.24. The van der Waals surface area contributed by atoms with Gasteiger partial charge in [0.1, 0.15) is 0 Å². The monoisotopic (exact) mass is 355 g/mol. The minimum absolute atomic E-state index is 0. The Morgan fingerprint density at radius 1 is 0.500 bits per heavy atom. The second-order valence-electron chi connectivity index (χ2n) is 5.91. The third-order valence-electron chi connectivity index (χ3n) is 4.24. The molecule has 0 aliphatic heterocycles. The Morgan fingerprint density at radius 2 is 0.722 bits per heavy atom. The molecule has 0 aromatic carbocycles. The predicted octanol–water partition coefficient (Wildman–Crippen LogP) is 4.02. The van der Waals surface area contributed by atoms with Crippen molar-refractivity contribution < 1.29 is 33.6 Å². The van der Waals surface area contributed by atoms with Crippen LogP contribution in [0.1, 0.15) is 79.1 Å². The smallest absolute Gasteiger partial charge is 1.00 e. The third-order valence-corrected chi connectivity index (χ3v) is 13.1. The Labute approximate surface area is 131 Å². The molecule has 0 atom stereocenters. The Balaban J connectivity index is 0. The number of halogens is 1. The summed E-state index contributed by atoms with van der Waals surface area (Å²) < 4.78 is 6.71. The number of hydrogen-bond acceptors (Lipinski definition) is 0. The van der Waals surface area contributed by atoms with Crippen LogP contribution in [0.4, 0.5) is 0 Å². The number of unbranched alkanes of at least 4 members (excludes halogenated alkanes) is 4.